The minimum absolute atomic E-state index is 0.198. The van der Waals surface area contributed by atoms with Gasteiger partial charge >= 0.3 is 0 Å². The van der Waals surface area contributed by atoms with Crippen LogP contribution in [0.4, 0.5) is 4.39 Å². The summed E-state index contributed by atoms with van der Waals surface area (Å²) in [6.45, 7) is 8.03. The minimum Gasteiger partial charge on any atom is -0.330 e. The fourth-order valence-electron chi connectivity index (χ4n) is 2.67. The Labute approximate surface area is 120 Å². The van der Waals surface area contributed by atoms with Crippen LogP contribution in [0.25, 0.3) is 11.0 Å². The van der Waals surface area contributed by atoms with E-state index in [4.69, 9.17) is 5.73 Å². The lowest BCUT2D eigenvalue weighted by atomic mass is 9.84. The van der Waals surface area contributed by atoms with Gasteiger partial charge < -0.3 is 10.3 Å². The lowest BCUT2D eigenvalue weighted by Crippen LogP contribution is -2.18. The molecule has 0 amide bonds. The van der Waals surface area contributed by atoms with E-state index in [1.807, 2.05) is 6.07 Å². The molecule has 0 spiro atoms. The number of aryl methyl sites for hydroxylation is 2. The van der Waals surface area contributed by atoms with E-state index in [2.05, 4.69) is 30.3 Å². The zero-order chi connectivity index (χ0) is 14.8. The third-order valence-electron chi connectivity index (χ3n) is 3.97. The van der Waals surface area contributed by atoms with Gasteiger partial charge in [0.05, 0.1) is 5.52 Å². The number of benzene rings is 1. The van der Waals surface area contributed by atoms with E-state index >= 15 is 0 Å². The van der Waals surface area contributed by atoms with Gasteiger partial charge in [0.25, 0.3) is 0 Å². The van der Waals surface area contributed by atoms with Crippen molar-refractivity contribution in [3.8, 4) is 0 Å². The van der Waals surface area contributed by atoms with E-state index in [1.54, 1.807) is 6.07 Å². The summed E-state index contributed by atoms with van der Waals surface area (Å²) in [5, 5.41) is 0. The van der Waals surface area contributed by atoms with Crippen molar-refractivity contribution in [1.29, 1.82) is 0 Å². The first-order valence-electron chi connectivity index (χ1n) is 7.32. The van der Waals surface area contributed by atoms with Crippen LogP contribution >= 0.6 is 0 Å². The summed E-state index contributed by atoms with van der Waals surface area (Å²) in [5.41, 5.74) is 7.22. The van der Waals surface area contributed by atoms with E-state index in [0.717, 1.165) is 37.1 Å². The van der Waals surface area contributed by atoms with Gasteiger partial charge in [-0.2, -0.15) is 0 Å². The van der Waals surface area contributed by atoms with Gasteiger partial charge in [-0.05, 0) is 43.9 Å². The van der Waals surface area contributed by atoms with Gasteiger partial charge in [-0.25, -0.2) is 9.37 Å². The highest BCUT2D eigenvalue weighted by Gasteiger charge is 2.19. The number of halogens is 1. The summed E-state index contributed by atoms with van der Waals surface area (Å²) < 4.78 is 15.9. The Balaban J connectivity index is 2.28. The first kappa shape index (κ1) is 15.0. The topological polar surface area (TPSA) is 43.8 Å². The van der Waals surface area contributed by atoms with Crippen LogP contribution in [-0.2, 0) is 13.0 Å². The summed E-state index contributed by atoms with van der Waals surface area (Å²) in [5.74, 6) is 0.731. The Morgan fingerprint density at radius 1 is 1.30 bits per heavy atom. The summed E-state index contributed by atoms with van der Waals surface area (Å²) in [6, 6.07) is 5.15. The highest BCUT2D eigenvalue weighted by Crippen LogP contribution is 2.27. The number of nitrogens with zero attached hydrogens (tertiary/aromatic N) is 2. The average Bonchev–Trinajstić information content (AvgIpc) is 2.75. The van der Waals surface area contributed by atoms with Crippen molar-refractivity contribution in [1.82, 2.24) is 9.55 Å². The second-order valence-corrected chi connectivity index (χ2v) is 6.08. The third-order valence-corrected chi connectivity index (χ3v) is 3.97. The van der Waals surface area contributed by atoms with Gasteiger partial charge in [-0.15, -0.1) is 0 Å². The minimum atomic E-state index is -0.239. The van der Waals surface area contributed by atoms with E-state index in [0.29, 0.717) is 12.1 Å². The summed E-state index contributed by atoms with van der Waals surface area (Å²) in [4.78, 5) is 4.50. The molecular weight excluding hydrogens is 253 g/mol. The van der Waals surface area contributed by atoms with Crippen LogP contribution in [0.2, 0.25) is 0 Å². The molecule has 110 valence electrons. The summed E-state index contributed by atoms with van der Waals surface area (Å²) in [6.07, 6.45) is 2.86. The first-order chi connectivity index (χ1) is 9.48. The predicted octanol–water partition coefficient (Wildman–Crippen LogP) is 3.50. The van der Waals surface area contributed by atoms with Gasteiger partial charge in [-0.1, -0.05) is 19.9 Å². The molecule has 0 unspecified atom stereocenters. The molecule has 2 N–H and O–H groups in total. The molecule has 0 aliphatic carbocycles. The molecule has 4 heteroatoms. The second kappa shape index (κ2) is 5.92. The maximum atomic E-state index is 13.8. The Morgan fingerprint density at radius 2 is 2.05 bits per heavy atom. The molecule has 0 saturated carbocycles. The van der Waals surface area contributed by atoms with Crippen molar-refractivity contribution >= 4 is 11.0 Å². The number of imidazole rings is 1. The SMILES string of the molecule is CCn1c(CCC(C)(C)CCN)nc2c(F)cccc21. The van der Waals surface area contributed by atoms with Crippen molar-refractivity contribution in [2.24, 2.45) is 11.1 Å². The number of nitrogens with two attached hydrogens (primary N) is 1. The number of hydrogen-bond acceptors (Lipinski definition) is 2. The Bertz CT molecular complexity index is 587. The van der Waals surface area contributed by atoms with Crippen molar-refractivity contribution < 1.29 is 4.39 Å². The maximum absolute atomic E-state index is 13.8. The van der Waals surface area contributed by atoms with Gasteiger partial charge in [0, 0.05) is 13.0 Å². The molecule has 0 fully saturated rings. The Hall–Kier alpha value is -1.42. The van der Waals surface area contributed by atoms with E-state index < -0.39 is 0 Å². The Morgan fingerprint density at radius 3 is 2.70 bits per heavy atom. The number of fused-ring (bicyclic) bond motifs is 1. The molecule has 0 bridgehead atoms. The van der Waals surface area contributed by atoms with Crippen molar-refractivity contribution in [2.45, 2.75) is 46.6 Å². The fourth-order valence-corrected chi connectivity index (χ4v) is 2.67. The molecule has 0 aliphatic heterocycles. The molecule has 0 saturated heterocycles. The van der Waals surface area contributed by atoms with Gasteiger partial charge in [-0.3, -0.25) is 0 Å². The van der Waals surface area contributed by atoms with E-state index in [1.165, 1.54) is 6.07 Å². The summed E-state index contributed by atoms with van der Waals surface area (Å²) >= 11 is 0. The smallest absolute Gasteiger partial charge is 0.151 e. The molecule has 3 nitrogen and oxygen atoms in total. The quantitative estimate of drug-likeness (QED) is 0.878. The maximum Gasteiger partial charge on any atom is 0.151 e. The molecule has 2 rings (SSSR count). The number of aromatic nitrogens is 2. The second-order valence-electron chi connectivity index (χ2n) is 6.08. The van der Waals surface area contributed by atoms with Crippen LogP contribution in [0.15, 0.2) is 18.2 Å². The molecule has 0 radical (unpaired) electrons. The molecule has 1 aromatic heterocycles. The highest BCUT2D eigenvalue weighted by molar-refractivity contribution is 5.76. The average molecular weight is 277 g/mol. The molecule has 1 aromatic carbocycles. The van der Waals surface area contributed by atoms with Crippen LogP contribution in [0.3, 0.4) is 0 Å². The molecular formula is C16H24FN3. The van der Waals surface area contributed by atoms with Gasteiger partial charge in [0.1, 0.15) is 11.3 Å². The fraction of sp³-hybridized carbons (Fsp3) is 0.562. The van der Waals surface area contributed by atoms with Crippen LogP contribution < -0.4 is 5.73 Å². The predicted molar refractivity (Wildman–Crippen MR) is 81.1 cm³/mol. The number of rotatable bonds is 6. The van der Waals surface area contributed by atoms with Gasteiger partial charge in [0.2, 0.25) is 0 Å². The van der Waals surface area contributed by atoms with Crippen LogP contribution in [0.1, 0.15) is 39.4 Å². The first-order valence-corrected chi connectivity index (χ1v) is 7.32. The van der Waals surface area contributed by atoms with Gasteiger partial charge in [0.15, 0.2) is 5.82 Å². The lowest BCUT2D eigenvalue weighted by molar-refractivity contribution is 0.309. The van der Waals surface area contributed by atoms with Crippen LogP contribution in [0, 0.1) is 11.2 Å². The zero-order valence-corrected chi connectivity index (χ0v) is 12.6. The lowest BCUT2D eigenvalue weighted by Gasteiger charge is -2.23. The third kappa shape index (κ3) is 3.01. The molecule has 2 aromatic rings. The van der Waals surface area contributed by atoms with Crippen molar-refractivity contribution in [2.75, 3.05) is 6.54 Å². The monoisotopic (exact) mass is 277 g/mol. The van der Waals surface area contributed by atoms with Crippen LogP contribution in [-0.4, -0.2) is 16.1 Å². The van der Waals surface area contributed by atoms with Crippen molar-refractivity contribution in [3.63, 3.8) is 0 Å². The standard InChI is InChI=1S/C16H24FN3/c1-4-20-13-7-5-6-12(17)15(13)19-14(20)8-9-16(2,3)10-11-18/h5-7H,4,8-11,18H2,1-3H3. The van der Waals surface area contributed by atoms with E-state index in [-0.39, 0.29) is 11.2 Å². The number of para-hydroxylation sites is 1. The number of hydrogen-bond donors (Lipinski definition) is 1. The normalized spacial score (nSPS) is 12.2. The van der Waals surface area contributed by atoms with E-state index in [9.17, 15) is 4.39 Å². The largest absolute Gasteiger partial charge is 0.330 e. The molecule has 0 atom stereocenters. The zero-order valence-electron chi connectivity index (χ0n) is 12.6. The van der Waals surface area contributed by atoms with Crippen molar-refractivity contribution in [3.05, 3.63) is 29.8 Å². The molecule has 0 aliphatic rings. The van der Waals surface area contributed by atoms with Crippen LogP contribution in [0.5, 0.6) is 0 Å². The summed E-state index contributed by atoms with van der Waals surface area (Å²) in [7, 11) is 0. The highest BCUT2D eigenvalue weighted by atomic mass is 19.1. The molecule has 1 heterocycles. The molecule has 20 heavy (non-hydrogen) atoms. The Kier molecular flexibility index (Phi) is 4.43.